The van der Waals surface area contributed by atoms with Crippen LogP contribution in [0.25, 0.3) is 10.9 Å². The van der Waals surface area contributed by atoms with Crippen molar-refractivity contribution in [1.82, 2.24) is 8.87 Å². The predicted molar refractivity (Wildman–Crippen MR) is 102 cm³/mol. The van der Waals surface area contributed by atoms with Crippen molar-refractivity contribution in [1.29, 1.82) is 0 Å². The van der Waals surface area contributed by atoms with Crippen molar-refractivity contribution < 1.29 is 13.2 Å². The average molecular weight is 370 g/mol. The first-order valence-electron chi connectivity index (χ1n) is 8.63. The van der Waals surface area contributed by atoms with Gasteiger partial charge in [0.1, 0.15) is 5.75 Å². The maximum Gasteiger partial charge on any atom is 0.243 e. The smallest absolute Gasteiger partial charge is 0.243 e. The molecular weight excluding hydrogens is 348 g/mol. The standard InChI is InChI=1S/C20H22N2O3S/c1-14-12-15(25-3)8-9-20(14)26(23,24)22-11-10-17-16-6-4-5-7-18(16)21(2)19(17)13-22/h4-9,12H,10-11,13H2,1-3H3. The molecule has 0 saturated carbocycles. The van der Waals surface area contributed by atoms with Crippen molar-refractivity contribution in [2.24, 2.45) is 7.05 Å². The van der Waals surface area contributed by atoms with E-state index < -0.39 is 10.0 Å². The number of benzene rings is 2. The summed E-state index contributed by atoms with van der Waals surface area (Å²) in [5.74, 6) is 0.663. The fourth-order valence-corrected chi connectivity index (χ4v) is 5.48. The molecule has 0 N–H and O–H groups in total. The van der Waals surface area contributed by atoms with Gasteiger partial charge in [0, 0.05) is 30.2 Å². The molecule has 0 amide bonds. The molecule has 1 aromatic heterocycles. The lowest BCUT2D eigenvalue weighted by atomic mass is 10.1. The Morgan fingerprint density at radius 2 is 1.88 bits per heavy atom. The Bertz CT molecular complexity index is 1100. The molecule has 2 heterocycles. The number of hydrogen-bond acceptors (Lipinski definition) is 3. The summed E-state index contributed by atoms with van der Waals surface area (Å²) in [4.78, 5) is 0.348. The molecule has 0 saturated heterocycles. The first-order chi connectivity index (χ1) is 12.4. The summed E-state index contributed by atoms with van der Waals surface area (Å²) in [7, 11) is 0.0382. The molecular formula is C20H22N2O3S. The largest absolute Gasteiger partial charge is 0.497 e. The third kappa shape index (κ3) is 2.52. The summed E-state index contributed by atoms with van der Waals surface area (Å²) in [6.07, 6.45) is 0.727. The maximum absolute atomic E-state index is 13.2. The minimum absolute atomic E-state index is 0.348. The van der Waals surface area contributed by atoms with Gasteiger partial charge in [-0.1, -0.05) is 18.2 Å². The first kappa shape index (κ1) is 17.1. The molecule has 0 radical (unpaired) electrons. The number of fused-ring (bicyclic) bond motifs is 3. The summed E-state index contributed by atoms with van der Waals surface area (Å²) in [5, 5.41) is 1.22. The molecule has 0 bridgehead atoms. The van der Waals surface area contributed by atoms with E-state index in [4.69, 9.17) is 4.74 Å². The summed E-state index contributed by atoms with van der Waals surface area (Å²) < 4.78 is 35.3. The number of rotatable bonds is 3. The quantitative estimate of drug-likeness (QED) is 0.711. The zero-order valence-electron chi connectivity index (χ0n) is 15.2. The molecule has 1 aliphatic rings. The zero-order valence-corrected chi connectivity index (χ0v) is 16.0. The van der Waals surface area contributed by atoms with Crippen LogP contribution in [0, 0.1) is 6.92 Å². The van der Waals surface area contributed by atoms with Gasteiger partial charge >= 0.3 is 0 Å². The second-order valence-corrected chi connectivity index (χ2v) is 8.63. The average Bonchev–Trinajstić information content (AvgIpc) is 2.94. The normalized spacial score (nSPS) is 15.2. The summed E-state index contributed by atoms with van der Waals surface area (Å²) in [5.41, 5.74) is 4.19. The van der Waals surface area contributed by atoms with E-state index >= 15 is 0 Å². The third-order valence-electron chi connectivity index (χ3n) is 5.28. The molecule has 0 atom stereocenters. The van der Waals surface area contributed by atoms with E-state index in [1.54, 1.807) is 29.6 Å². The Kier molecular flexibility index (Phi) is 4.04. The fourth-order valence-electron chi connectivity index (χ4n) is 3.87. The van der Waals surface area contributed by atoms with Gasteiger partial charge in [-0.2, -0.15) is 4.31 Å². The minimum Gasteiger partial charge on any atom is -0.497 e. The molecule has 3 aromatic rings. The summed E-state index contributed by atoms with van der Waals surface area (Å²) >= 11 is 0. The number of aromatic nitrogens is 1. The molecule has 6 heteroatoms. The number of aryl methyl sites for hydroxylation is 2. The van der Waals surface area contributed by atoms with Gasteiger partial charge in [-0.3, -0.25) is 0 Å². The molecule has 26 heavy (non-hydrogen) atoms. The van der Waals surface area contributed by atoms with Gasteiger partial charge in [0.2, 0.25) is 10.0 Å². The van der Waals surface area contributed by atoms with Crippen LogP contribution >= 0.6 is 0 Å². The number of methoxy groups -OCH3 is 1. The summed E-state index contributed by atoms with van der Waals surface area (Å²) in [6, 6.07) is 13.4. The van der Waals surface area contributed by atoms with Gasteiger partial charge in [-0.15, -0.1) is 0 Å². The van der Waals surface area contributed by atoms with E-state index in [9.17, 15) is 8.42 Å². The number of sulfonamides is 1. The Hall–Kier alpha value is -2.31. The second kappa shape index (κ2) is 6.14. The molecule has 136 valence electrons. The highest BCUT2D eigenvalue weighted by Crippen LogP contribution is 2.33. The van der Waals surface area contributed by atoms with Crippen LogP contribution < -0.4 is 4.74 Å². The fraction of sp³-hybridized carbons (Fsp3) is 0.300. The van der Waals surface area contributed by atoms with Crippen LogP contribution in [0.4, 0.5) is 0 Å². The minimum atomic E-state index is -3.55. The molecule has 0 unspecified atom stereocenters. The molecule has 0 spiro atoms. The molecule has 0 fully saturated rings. The van der Waals surface area contributed by atoms with Crippen molar-refractivity contribution in [2.75, 3.05) is 13.7 Å². The van der Waals surface area contributed by atoms with Crippen molar-refractivity contribution in [3.05, 3.63) is 59.3 Å². The van der Waals surface area contributed by atoms with E-state index in [0.717, 1.165) is 17.6 Å². The number of para-hydroxylation sites is 1. The predicted octanol–water partition coefficient (Wildman–Crippen LogP) is 3.24. The van der Waals surface area contributed by atoms with Gasteiger partial charge in [0.15, 0.2) is 0 Å². The van der Waals surface area contributed by atoms with Gasteiger partial charge in [-0.25, -0.2) is 8.42 Å². The van der Waals surface area contributed by atoms with E-state index in [1.807, 2.05) is 26.1 Å². The molecule has 0 aliphatic carbocycles. The zero-order chi connectivity index (χ0) is 18.5. The Labute approximate surface area is 153 Å². The van der Waals surface area contributed by atoms with Crippen LogP contribution in [-0.2, 0) is 30.0 Å². The second-order valence-electron chi connectivity index (χ2n) is 6.72. The third-order valence-corrected chi connectivity index (χ3v) is 7.29. The number of nitrogens with zero attached hydrogens (tertiary/aromatic N) is 2. The maximum atomic E-state index is 13.2. The van der Waals surface area contributed by atoms with E-state index in [1.165, 1.54) is 10.9 Å². The van der Waals surface area contributed by atoms with Crippen LogP contribution in [0.5, 0.6) is 5.75 Å². The van der Waals surface area contributed by atoms with Crippen LogP contribution in [0.2, 0.25) is 0 Å². The Morgan fingerprint density at radius 1 is 1.12 bits per heavy atom. The topological polar surface area (TPSA) is 51.5 Å². The molecule has 1 aliphatic heterocycles. The molecule has 4 rings (SSSR count). The Balaban J connectivity index is 1.74. The SMILES string of the molecule is COc1ccc(S(=O)(=O)N2CCc3c(n(C)c4ccccc34)C2)c(C)c1. The lowest BCUT2D eigenvalue weighted by Crippen LogP contribution is -2.36. The van der Waals surface area contributed by atoms with Gasteiger partial charge in [0.05, 0.1) is 18.6 Å². The van der Waals surface area contributed by atoms with Crippen molar-refractivity contribution in [3.63, 3.8) is 0 Å². The van der Waals surface area contributed by atoms with Crippen LogP contribution in [-0.4, -0.2) is 30.9 Å². The monoisotopic (exact) mass is 370 g/mol. The van der Waals surface area contributed by atoms with E-state index in [0.29, 0.717) is 29.3 Å². The van der Waals surface area contributed by atoms with Gasteiger partial charge in [0.25, 0.3) is 0 Å². The number of hydrogen-bond donors (Lipinski definition) is 0. The van der Waals surface area contributed by atoms with Crippen LogP contribution in [0.1, 0.15) is 16.8 Å². The highest BCUT2D eigenvalue weighted by atomic mass is 32.2. The van der Waals surface area contributed by atoms with Crippen molar-refractivity contribution in [2.45, 2.75) is 24.8 Å². The van der Waals surface area contributed by atoms with E-state index in [-0.39, 0.29) is 0 Å². The lowest BCUT2D eigenvalue weighted by Gasteiger charge is -2.28. The number of ether oxygens (including phenoxy) is 1. The Morgan fingerprint density at radius 3 is 2.62 bits per heavy atom. The van der Waals surface area contributed by atoms with Gasteiger partial charge < -0.3 is 9.30 Å². The van der Waals surface area contributed by atoms with E-state index in [2.05, 4.69) is 16.7 Å². The van der Waals surface area contributed by atoms with Crippen LogP contribution in [0.15, 0.2) is 47.4 Å². The highest BCUT2D eigenvalue weighted by molar-refractivity contribution is 7.89. The first-order valence-corrected chi connectivity index (χ1v) is 10.1. The van der Waals surface area contributed by atoms with Crippen molar-refractivity contribution in [3.8, 4) is 5.75 Å². The van der Waals surface area contributed by atoms with Gasteiger partial charge in [-0.05, 0) is 48.7 Å². The highest BCUT2D eigenvalue weighted by Gasteiger charge is 2.32. The molecule has 5 nitrogen and oxygen atoms in total. The van der Waals surface area contributed by atoms with Crippen LogP contribution in [0.3, 0.4) is 0 Å². The molecule has 2 aromatic carbocycles. The van der Waals surface area contributed by atoms with Crippen molar-refractivity contribution >= 4 is 20.9 Å². The summed E-state index contributed by atoms with van der Waals surface area (Å²) in [6.45, 7) is 2.70. The lowest BCUT2D eigenvalue weighted by molar-refractivity contribution is 0.382.